The van der Waals surface area contributed by atoms with Gasteiger partial charge in [0, 0.05) is 40.9 Å². The number of hydrogen-bond donors (Lipinski definition) is 2. The smallest absolute Gasteiger partial charge is 0.366 e. The van der Waals surface area contributed by atoms with Gasteiger partial charge >= 0.3 is 6.18 Å². The lowest BCUT2D eigenvalue weighted by molar-refractivity contribution is -0.137. The average molecular weight is 747 g/mol. The summed E-state index contributed by atoms with van der Waals surface area (Å²) in [6.45, 7) is 5.45. The molecule has 4 heterocycles. The summed E-state index contributed by atoms with van der Waals surface area (Å²) in [5.74, 6) is -4.10. The van der Waals surface area contributed by atoms with Crippen LogP contribution >= 0.6 is 0 Å². The van der Waals surface area contributed by atoms with Crippen LogP contribution in [0.5, 0.6) is 0 Å². The first-order chi connectivity index (χ1) is 25.5. The van der Waals surface area contributed by atoms with Crippen molar-refractivity contribution in [2.45, 2.75) is 26.9 Å². The number of halogens is 6. The number of aryl methyl sites for hydroxylation is 3. The molecule has 0 aliphatic carbocycles. The Labute approximate surface area is 302 Å². The fourth-order valence-corrected chi connectivity index (χ4v) is 5.10. The van der Waals surface area contributed by atoms with Crippen LogP contribution in [-0.4, -0.2) is 51.3 Å². The fourth-order valence-electron chi connectivity index (χ4n) is 5.10. The fraction of sp³-hybridized carbons (Fsp3) is 0.111. The van der Waals surface area contributed by atoms with Crippen LogP contribution < -0.4 is 11.5 Å². The van der Waals surface area contributed by atoms with Crippen molar-refractivity contribution in [2.24, 2.45) is 11.5 Å². The number of carbonyl (C=O) groups excluding carboxylic acids is 2. The Bertz CT molecular complexity index is 2410. The van der Waals surface area contributed by atoms with Crippen LogP contribution in [0.1, 0.15) is 33.4 Å². The largest absolute Gasteiger partial charge is 0.416 e. The van der Waals surface area contributed by atoms with Gasteiger partial charge in [0.2, 0.25) is 11.9 Å². The maximum Gasteiger partial charge on any atom is 0.416 e. The molecule has 4 aromatic heterocycles. The number of benzene rings is 2. The van der Waals surface area contributed by atoms with Crippen molar-refractivity contribution in [3.05, 3.63) is 131 Å². The van der Waals surface area contributed by atoms with Gasteiger partial charge in [-0.25, -0.2) is 23.7 Å². The van der Waals surface area contributed by atoms with E-state index >= 15 is 0 Å². The average Bonchev–Trinajstić information content (AvgIpc) is 3.76. The number of nitrogens with two attached hydrogens (primary N) is 2. The van der Waals surface area contributed by atoms with Crippen LogP contribution in [0.15, 0.2) is 79.6 Å². The summed E-state index contributed by atoms with van der Waals surface area (Å²) in [7, 11) is 0. The molecule has 0 spiro atoms. The Balaban J connectivity index is 0.000000208. The number of primary amides is 2. The van der Waals surface area contributed by atoms with Gasteiger partial charge in [0.15, 0.2) is 11.6 Å². The van der Waals surface area contributed by atoms with Gasteiger partial charge in [0.1, 0.15) is 18.5 Å². The predicted octanol–water partition coefficient (Wildman–Crippen LogP) is 6.01. The quantitative estimate of drug-likeness (QED) is 0.108. The number of amides is 2. The molecule has 0 aliphatic heterocycles. The zero-order valence-electron chi connectivity index (χ0n) is 28.5. The van der Waals surface area contributed by atoms with E-state index in [1.54, 1.807) is 0 Å². The highest BCUT2D eigenvalue weighted by molar-refractivity contribution is 6.22. The second-order valence-corrected chi connectivity index (χ2v) is 11.7. The van der Waals surface area contributed by atoms with E-state index in [1.807, 2.05) is 32.0 Å². The number of hydrogen-bond acceptors (Lipinski definition) is 8. The van der Waals surface area contributed by atoms with Crippen molar-refractivity contribution in [3.8, 4) is 22.8 Å². The maximum atomic E-state index is 13.9. The molecular formula is C36H28F6N10O2. The lowest BCUT2D eigenvalue weighted by Crippen LogP contribution is -2.15. The minimum atomic E-state index is -4.51. The first-order valence-corrected chi connectivity index (χ1v) is 15.5. The molecule has 0 atom stereocenters. The van der Waals surface area contributed by atoms with Crippen molar-refractivity contribution in [2.75, 3.05) is 0 Å². The molecule has 12 nitrogen and oxygen atoms in total. The van der Waals surface area contributed by atoms with Gasteiger partial charge in [-0.3, -0.25) is 14.6 Å². The number of nitrogens with zero attached hydrogens (tertiary/aromatic N) is 8. The lowest BCUT2D eigenvalue weighted by atomic mass is 10.1. The first-order valence-electron chi connectivity index (χ1n) is 15.5. The van der Waals surface area contributed by atoms with E-state index < -0.39 is 41.3 Å². The third-order valence-corrected chi connectivity index (χ3v) is 7.33. The summed E-state index contributed by atoms with van der Waals surface area (Å²) in [6.07, 6.45) is 2.67. The van der Waals surface area contributed by atoms with Gasteiger partial charge in [-0.15, -0.1) is 10.2 Å². The van der Waals surface area contributed by atoms with Crippen LogP contribution in [0.3, 0.4) is 0 Å². The Morgan fingerprint density at radius 2 is 1.24 bits per heavy atom. The van der Waals surface area contributed by atoms with Crippen molar-refractivity contribution in [1.29, 1.82) is 0 Å². The van der Waals surface area contributed by atoms with Gasteiger partial charge in [-0.05, 0) is 74.9 Å². The summed E-state index contributed by atoms with van der Waals surface area (Å²) < 4.78 is 81.6. The number of aromatic nitrogens is 8. The summed E-state index contributed by atoms with van der Waals surface area (Å²) in [5, 5.41) is 8.32. The molecule has 6 aromatic rings. The van der Waals surface area contributed by atoms with Crippen LogP contribution in [0, 0.1) is 38.5 Å². The normalized spacial score (nSPS) is 11.9. The Hall–Kier alpha value is -6.98. The van der Waals surface area contributed by atoms with Crippen LogP contribution in [-0.2, 0) is 15.8 Å². The van der Waals surface area contributed by atoms with Crippen LogP contribution in [0.2, 0.25) is 0 Å². The molecule has 2 aromatic carbocycles. The molecule has 4 N–H and O–H groups in total. The highest BCUT2D eigenvalue weighted by Crippen LogP contribution is 2.32. The van der Waals surface area contributed by atoms with E-state index in [1.165, 1.54) is 48.9 Å². The first kappa shape index (κ1) is 38.3. The van der Waals surface area contributed by atoms with E-state index in [0.717, 1.165) is 57.9 Å². The van der Waals surface area contributed by atoms with Gasteiger partial charge in [0.25, 0.3) is 11.8 Å². The molecule has 18 heteroatoms. The molecule has 0 aliphatic rings. The summed E-state index contributed by atoms with van der Waals surface area (Å²) in [6, 6.07) is 12.4. The summed E-state index contributed by atoms with van der Waals surface area (Å²) in [5.41, 5.74) is 12.9. The number of alkyl halides is 3. The maximum absolute atomic E-state index is 13.9. The zero-order chi connectivity index (χ0) is 39.3. The van der Waals surface area contributed by atoms with Crippen molar-refractivity contribution < 1.29 is 35.9 Å². The van der Waals surface area contributed by atoms with Crippen LogP contribution in [0.4, 0.5) is 26.3 Å². The van der Waals surface area contributed by atoms with Gasteiger partial charge in [-0.2, -0.15) is 26.9 Å². The van der Waals surface area contributed by atoms with Gasteiger partial charge < -0.3 is 11.5 Å². The monoisotopic (exact) mass is 746 g/mol. The minimum absolute atomic E-state index is 0.0200. The minimum Gasteiger partial charge on any atom is -0.366 e. The number of rotatable bonds is 8. The van der Waals surface area contributed by atoms with E-state index in [4.69, 9.17) is 11.5 Å². The lowest BCUT2D eigenvalue weighted by Gasteiger charge is -2.09. The van der Waals surface area contributed by atoms with E-state index in [-0.39, 0.29) is 33.7 Å². The molecule has 2 amide bonds. The predicted molar refractivity (Wildman–Crippen MR) is 185 cm³/mol. The Morgan fingerprint density at radius 3 is 1.76 bits per heavy atom. The molecule has 6 rings (SSSR count). The van der Waals surface area contributed by atoms with Crippen molar-refractivity contribution in [3.63, 3.8) is 0 Å². The van der Waals surface area contributed by atoms with Gasteiger partial charge in [-0.1, -0.05) is 17.2 Å². The number of carbonyl (C=O) groups is 2. The van der Waals surface area contributed by atoms with Crippen molar-refractivity contribution >= 4 is 35.4 Å². The molecule has 0 unspecified atom stereocenters. The van der Waals surface area contributed by atoms with E-state index in [2.05, 4.69) is 30.1 Å². The topological polar surface area (TPSA) is 173 Å². The summed E-state index contributed by atoms with van der Waals surface area (Å²) >= 11 is 0. The van der Waals surface area contributed by atoms with E-state index in [9.17, 15) is 35.9 Å². The third kappa shape index (κ3) is 9.46. The third-order valence-electron chi connectivity index (χ3n) is 7.33. The van der Waals surface area contributed by atoms with Gasteiger partial charge in [0.05, 0.1) is 22.9 Å². The highest BCUT2D eigenvalue weighted by atomic mass is 19.4. The number of pyridine rings is 2. The second-order valence-electron chi connectivity index (χ2n) is 11.7. The molecule has 0 fully saturated rings. The highest BCUT2D eigenvalue weighted by Gasteiger charge is 2.31. The SMILES string of the molecule is Cc1cc(-c2ncn(/C=C(/C(N)=O)c3cncc(F)c3)n2)cc(C(F)(F)F)c1.Cc1cc(C)cc(-c2ncn(/C=C(/C(N)=O)c3ccc(F)nc3F)n2)c1. The summed E-state index contributed by atoms with van der Waals surface area (Å²) in [4.78, 5) is 38.3. The molecule has 0 bridgehead atoms. The van der Waals surface area contributed by atoms with Crippen LogP contribution in [0.25, 0.3) is 46.3 Å². The molecule has 0 radical (unpaired) electrons. The molecule has 276 valence electrons. The Kier molecular flexibility index (Phi) is 11.1. The Morgan fingerprint density at radius 1 is 0.704 bits per heavy atom. The molecule has 54 heavy (non-hydrogen) atoms. The molecular weight excluding hydrogens is 718 g/mol. The molecule has 0 saturated heterocycles. The second kappa shape index (κ2) is 15.7. The zero-order valence-corrected chi connectivity index (χ0v) is 28.5. The van der Waals surface area contributed by atoms with E-state index in [0.29, 0.717) is 11.4 Å². The molecule has 0 saturated carbocycles. The standard InChI is InChI=1S/C18H13F4N5O.C18H15F2N5O/c1-10-2-11(4-13(3-10)18(20,21)22)17-25-9-27(26-17)8-15(16(23)28)12-5-14(19)7-24-6-12;1-10-5-11(2)7-12(6-10)18-22-9-25(24-18)8-14(17(21)26)13-3-4-15(19)23-16(13)20/h2-9H,1H3,(H2,23,28);3-9H,1-2H3,(H2,21,26)/b15-8+;14-8+. The van der Waals surface area contributed by atoms with Crippen molar-refractivity contribution in [1.82, 2.24) is 39.5 Å².